The highest BCUT2D eigenvalue weighted by molar-refractivity contribution is 5.63. The number of hydrogen-bond donors (Lipinski definition) is 1. The molecule has 1 aromatic carbocycles. The second-order valence-corrected chi connectivity index (χ2v) is 6.52. The molecule has 152 valence electrons. The van der Waals surface area contributed by atoms with Crippen molar-refractivity contribution in [3.05, 3.63) is 28.3 Å². The van der Waals surface area contributed by atoms with Crippen molar-refractivity contribution in [2.75, 3.05) is 31.1 Å². The van der Waals surface area contributed by atoms with Gasteiger partial charge in [-0.15, -0.1) is 13.2 Å². The van der Waals surface area contributed by atoms with Crippen molar-refractivity contribution in [3.8, 4) is 5.75 Å². The topological polar surface area (TPSA) is 93.9 Å². The molecule has 0 aliphatic carbocycles. The maximum Gasteiger partial charge on any atom is 0.573 e. The molecule has 0 saturated carbocycles. The van der Waals surface area contributed by atoms with Gasteiger partial charge < -0.3 is 19.7 Å². The van der Waals surface area contributed by atoms with Crippen molar-refractivity contribution in [1.82, 2.24) is 5.32 Å². The number of rotatable bonds is 4. The van der Waals surface area contributed by atoms with Gasteiger partial charge >= 0.3 is 6.36 Å². The number of benzene rings is 1. The first-order valence-electron chi connectivity index (χ1n) is 8.04. The minimum Gasteiger partial charge on any atom is -0.462 e. The van der Waals surface area contributed by atoms with Gasteiger partial charge in [-0.25, -0.2) is 0 Å². The van der Waals surface area contributed by atoms with Crippen LogP contribution in [0.25, 0.3) is 0 Å². The maximum atomic E-state index is 12.4. The maximum absolute atomic E-state index is 12.4. The number of carbonyl (C=O) groups is 1. The van der Waals surface area contributed by atoms with Gasteiger partial charge in [0.05, 0.1) is 10.6 Å². The Balaban J connectivity index is 0.000000445. The first kappa shape index (κ1) is 22.5. The molecule has 0 bridgehead atoms. The molecule has 0 amide bonds. The smallest absolute Gasteiger partial charge is 0.462 e. The van der Waals surface area contributed by atoms with Gasteiger partial charge in [0, 0.05) is 38.3 Å². The minimum absolute atomic E-state index is 0.0815. The van der Waals surface area contributed by atoms with Gasteiger partial charge in [0.2, 0.25) is 0 Å². The molecule has 1 N–H and O–H groups in total. The molecule has 0 aromatic heterocycles. The standard InChI is InChI=1S/C11H12F3N3O3.C5H10O2/c12-11(13,14)20-10-2-1-8(17(18)19)7-9(10)16-5-3-15-4-6-16;1-5(2,3)7-4-6/h1-2,7,15H,3-6H2;4H,1-3H3. The van der Waals surface area contributed by atoms with Gasteiger partial charge in [-0.1, -0.05) is 0 Å². The van der Waals surface area contributed by atoms with Gasteiger partial charge in [-0.05, 0) is 26.8 Å². The highest BCUT2D eigenvalue weighted by atomic mass is 19.4. The van der Waals surface area contributed by atoms with Crippen LogP contribution in [-0.2, 0) is 9.53 Å². The Morgan fingerprint density at radius 1 is 1.22 bits per heavy atom. The zero-order chi connectivity index (χ0) is 20.7. The van der Waals surface area contributed by atoms with Gasteiger partial charge in [0.1, 0.15) is 5.60 Å². The summed E-state index contributed by atoms with van der Waals surface area (Å²) in [6.07, 6.45) is -4.83. The quantitative estimate of drug-likeness (QED) is 0.478. The number of non-ortho nitro benzene ring substituents is 1. The number of nitro groups is 1. The molecule has 0 radical (unpaired) electrons. The summed E-state index contributed by atoms with van der Waals surface area (Å²) in [6.45, 7) is 8.01. The van der Waals surface area contributed by atoms with Crippen LogP contribution in [0.1, 0.15) is 20.8 Å². The SMILES string of the molecule is CC(C)(C)OC=O.O=[N+]([O-])c1ccc(OC(F)(F)F)c(N2CCNCC2)c1. The van der Waals surface area contributed by atoms with Gasteiger partial charge in [0.25, 0.3) is 12.2 Å². The molecule has 1 aromatic rings. The second-order valence-electron chi connectivity index (χ2n) is 6.52. The van der Waals surface area contributed by atoms with E-state index in [0.29, 0.717) is 32.7 Å². The third-order valence-electron chi connectivity index (χ3n) is 3.24. The fourth-order valence-corrected chi connectivity index (χ4v) is 2.13. The van der Waals surface area contributed by atoms with Crippen LogP contribution in [-0.4, -0.2) is 49.5 Å². The number of carbonyl (C=O) groups excluding carboxylic acids is 1. The lowest BCUT2D eigenvalue weighted by atomic mass is 10.2. The van der Waals surface area contributed by atoms with Crippen LogP contribution in [0.2, 0.25) is 0 Å². The highest BCUT2D eigenvalue weighted by Gasteiger charge is 2.33. The Hall–Kier alpha value is -2.56. The van der Waals surface area contributed by atoms with Crippen molar-refractivity contribution in [1.29, 1.82) is 0 Å². The zero-order valence-corrected chi connectivity index (χ0v) is 15.2. The number of nitrogens with zero attached hydrogens (tertiary/aromatic N) is 2. The largest absolute Gasteiger partial charge is 0.573 e. The summed E-state index contributed by atoms with van der Waals surface area (Å²) in [6, 6.07) is 3.07. The van der Waals surface area contributed by atoms with Crippen molar-refractivity contribution >= 4 is 17.8 Å². The minimum atomic E-state index is -4.83. The second kappa shape index (κ2) is 9.40. The number of anilines is 1. The van der Waals surface area contributed by atoms with E-state index in [2.05, 4.69) is 14.8 Å². The van der Waals surface area contributed by atoms with E-state index in [1.807, 2.05) is 20.8 Å². The van der Waals surface area contributed by atoms with E-state index >= 15 is 0 Å². The molecule has 8 nitrogen and oxygen atoms in total. The first-order chi connectivity index (χ1) is 12.4. The molecule has 1 heterocycles. The van der Waals surface area contributed by atoms with E-state index in [0.717, 1.165) is 18.2 Å². The number of hydrogen-bond acceptors (Lipinski definition) is 7. The van der Waals surface area contributed by atoms with Crippen molar-refractivity contribution < 1.29 is 32.4 Å². The van der Waals surface area contributed by atoms with Crippen LogP contribution in [0.5, 0.6) is 5.75 Å². The number of nitrogens with one attached hydrogen (secondary N) is 1. The number of nitro benzene ring substituents is 1. The number of halogens is 3. The van der Waals surface area contributed by atoms with Gasteiger partial charge in [0.15, 0.2) is 5.75 Å². The molecule has 1 fully saturated rings. The molecule has 0 unspecified atom stereocenters. The van der Waals surface area contributed by atoms with E-state index in [-0.39, 0.29) is 17.0 Å². The summed E-state index contributed by atoms with van der Waals surface area (Å²) in [7, 11) is 0. The lowest BCUT2D eigenvalue weighted by Crippen LogP contribution is -2.43. The number of alkyl halides is 3. The summed E-state index contributed by atoms with van der Waals surface area (Å²) in [5.41, 5.74) is -0.507. The van der Waals surface area contributed by atoms with Crippen molar-refractivity contribution in [2.45, 2.75) is 32.7 Å². The van der Waals surface area contributed by atoms with Crippen LogP contribution < -0.4 is 15.0 Å². The normalized spacial score (nSPS) is 14.7. The third-order valence-corrected chi connectivity index (χ3v) is 3.24. The summed E-state index contributed by atoms with van der Waals surface area (Å²) in [4.78, 5) is 21.3. The van der Waals surface area contributed by atoms with Gasteiger partial charge in [-0.2, -0.15) is 0 Å². The molecule has 0 spiro atoms. The molecule has 0 atom stereocenters. The zero-order valence-electron chi connectivity index (χ0n) is 15.2. The molecule has 1 saturated heterocycles. The Labute approximate surface area is 154 Å². The predicted octanol–water partition coefficient (Wildman–Crippen LogP) is 2.86. The number of ether oxygens (including phenoxy) is 2. The fraction of sp³-hybridized carbons (Fsp3) is 0.562. The van der Waals surface area contributed by atoms with E-state index in [4.69, 9.17) is 0 Å². The Bertz CT molecular complexity index is 641. The van der Waals surface area contributed by atoms with Crippen molar-refractivity contribution in [2.24, 2.45) is 0 Å². The van der Waals surface area contributed by atoms with E-state index in [1.54, 1.807) is 4.90 Å². The van der Waals surface area contributed by atoms with Crippen molar-refractivity contribution in [3.63, 3.8) is 0 Å². The number of piperazine rings is 1. The Kier molecular flexibility index (Phi) is 7.82. The fourth-order valence-electron chi connectivity index (χ4n) is 2.13. The first-order valence-corrected chi connectivity index (χ1v) is 8.04. The molecule has 27 heavy (non-hydrogen) atoms. The summed E-state index contributed by atoms with van der Waals surface area (Å²) < 4.78 is 45.6. The highest BCUT2D eigenvalue weighted by Crippen LogP contribution is 2.35. The lowest BCUT2D eigenvalue weighted by molar-refractivity contribution is -0.384. The average molecular weight is 393 g/mol. The molecule has 2 rings (SSSR count). The van der Waals surface area contributed by atoms with Crippen LogP contribution in [0.4, 0.5) is 24.5 Å². The van der Waals surface area contributed by atoms with Crippen LogP contribution in [0, 0.1) is 10.1 Å². The third kappa shape index (κ3) is 8.58. The average Bonchev–Trinajstić information content (AvgIpc) is 2.54. The summed E-state index contributed by atoms with van der Waals surface area (Å²) >= 11 is 0. The summed E-state index contributed by atoms with van der Waals surface area (Å²) in [5.74, 6) is -0.426. The van der Waals surface area contributed by atoms with Crippen LogP contribution in [0.15, 0.2) is 18.2 Å². The van der Waals surface area contributed by atoms with E-state index < -0.39 is 17.0 Å². The molecule has 1 aliphatic heterocycles. The van der Waals surface area contributed by atoms with Crippen LogP contribution in [0.3, 0.4) is 0 Å². The predicted molar refractivity (Wildman–Crippen MR) is 91.8 cm³/mol. The summed E-state index contributed by atoms with van der Waals surface area (Å²) in [5, 5.41) is 13.8. The van der Waals surface area contributed by atoms with E-state index in [1.165, 1.54) is 0 Å². The Morgan fingerprint density at radius 2 is 1.81 bits per heavy atom. The molecular formula is C16H22F3N3O5. The monoisotopic (exact) mass is 393 g/mol. The molecular weight excluding hydrogens is 371 g/mol. The van der Waals surface area contributed by atoms with E-state index in [9.17, 15) is 28.1 Å². The Morgan fingerprint density at radius 3 is 2.22 bits per heavy atom. The molecule has 1 aliphatic rings. The van der Waals surface area contributed by atoms with Gasteiger partial charge in [-0.3, -0.25) is 14.9 Å². The van der Waals surface area contributed by atoms with Crippen LogP contribution >= 0.6 is 0 Å². The molecule has 11 heteroatoms. The lowest BCUT2D eigenvalue weighted by Gasteiger charge is -2.30.